The van der Waals surface area contributed by atoms with Gasteiger partial charge >= 0.3 is 0 Å². The molecule has 1 atom stereocenters. The van der Waals surface area contributed by atoms with Crippen LogP contribution in [0.25, 0.3) is 10.9 Å². The van der Waals surface area contributed by atoms with Crippen LogP contribution in [0.5, 0.6) is 5.75 Å². The third-order valence-corrected chi connectivity index (χ3v) is 4.12. The van der Waals surface area contributed by atoms with Crippen molar-refractivity contribution in [2.45, 2.75) is 25.3 Å². The third-order valence-electron chi connectivity index (χ3n) is 4.12. The number of hydrogen-bond acceptors (Lipinski definition) is 4. The lowest BCUT2D eigenvalue weighted by atomic mass is 10.1. The smallest absolute Gasteiger partial charge is 0.153 e. The zero-order valence-electron chi connectivity index (χ0n) is 11.9. The van der Waals surface area contributed by atoms with E-state index < -0.39 is 0 Å². The van der Waals surface area contributed by atoms with Crippen LogP contribution < -0.4 is 10.5 Å². The maximum Gasteiger partial charge on any atom is 0.153 e. The zero-order valence-corrected chi connectivity index (χ0v) is 11.9. The number of aromatic nitrogens is 1. The molecule has 106 valence electrons. The van der Waals surface area contributed by atoms with Gasteiger partial charge in [0.05, 0.1) is 24.0 Å². The highest BCUT2D eigenvalue weighted by atomic mass is 16.5. The Labute approximate surface area is 119 Å². The van der Waals surface area contributed by atoms with Crippen molar-refractivity contribution in [3.8, 4) is 5.75 Å². The normalized spacial score (nSPS) is 19.6. The Morgan fingerprint density at radius 1 is 1.40 bits per heavy atom. The van der Waals surface area contributed by atoms with E-state index in [1.807, 2.05) is 24.3 Å². The maximum absolute atomic E-state index is 6.01. The largest absolute Gasteiger partial charge is 0.491 e. The SMILES string of the molecule is CN1CCCC1CCOc1c(N)cnc2ccccc12. The highest BCUT2D eigenvalue weighted by Gasteiger charge is 2.20. The number of nitrogen functional groups attached to an aromatic ring is 1. The van der Waals surface area contributed by atoms with E-state index in [0.717, 1.165) is 23.1 Å². The molecule has 20 heavy (non-hydrogen) atoms. The van der Waals surface area contributed by atoms with Crippen LogP contribution in [0.4, 0.5) is 5.69 Å². The molecule has 0 saturated carbocycles. The molecule has 3 rings (SSSR count). The molecule has 2 N–H and O–H groups in total. The molecule has 1 aromatic carbocycles. The number of pyridine rings is 1. The first-order chi connectivity index (χ1) is 9.75. The van der Waals surface area contributed by atoms with Crippen LogP contribution in [-0.2, 0) is 0 Å². The summed E-state index contributed by atoms with van der Waals surface area (Å²) in [5.41, 5.74) is 7.55. The Balaban J connectivity index is 1.72. The fraction of sp³-hybridized carbons (Fsp3) is 0.438. The summed E-state index contributed by atoms with van der Waals surface area (Å²) in [5.74, 6) is 0.774. The molecule has 1 fully saturated rings. The Hall–Kier alpha value is -1.81. The number of hydrogen-bond donors (Lipinski definition) is 1. The van der Waals surface area contributed by atoms with Gasteiger partial charge in [0.2, 0.25) is 0 Å². The summed E-state index contributed by atoms with van der Waals surface area (Å²) in [6.07, 6.45) is 5.29. The first kappa shape index (κ1) is 13.2. The van der Waals surface area contributed by atoms with E-state index in [9.17, 15) is 0 Å². The van der Waals surface area contributed by atoms with Gasteiger partial charge in [-0.3, -0.25) is 4.98 Å². The lowest BCUT2D eigenvalue weighted by Gasteiger charge is -2.20. The summed E-state index contributed by atoms with van der Waals surface area (Å²) < 4.78 is 5.97. The minimum atomic E-state index is 0.614. The molecule has 0 radical (unpaired) electrons. The molecular formula is C16H21N3O. The summed E-state index contributed by atoms with van der Waals surface area (Å²) in [7, 11) is 2.19. The lowest BCUT2D eigenvalue weighted by molar-refractivity contribution is 0.235. The lowest BCUT2D eigenvalue weighted by Crippen LogP contribution is -2.26. The number of fused-ring (bicyclic) bond motifs is 1. The molecule has 0 spiro atoms. The van der Waals surface area contributed by atoms with Gasteiger partial charge in [0.1, 0.15) is 0 Å². The molecule has 1 aromatic heterocycles. The highest BCUT2D eigenvalue weighted by Crippen LogP contribution is 2.30. The molecule has 1 aliphatic rings. The second-order valence-electron chi connectivity index (χ2n) is 5.47. The second kappa shape index (κ2) is 5.67. The van der Waals surface area contributed by atoms with Crippen molar-refractivity contribution < 1.29 is 4.74 Å². The van der Waals surface area contributed by atoms with Crippen molar-refractivity contribution in [3.05, 3.63) is 30.5 Å². The highest BCUT2D eigenvalue weighted by molar-refractivity contribution is 5.89. The molecule has 1 aliphatic heterocycles. The van der Waals surface area contributed by atoms with Gasteiger partial charge in [0.25, 0.3) is 0 Å². The van der Waals surface area contributed by atoms with Crippen LogP contribution in [0.1, 0.15) is 19.3 Å². The fourth-order valence-corrected chi connectivity index (χ4v) is 2.93. The predicted octanol–water partition coefficient (Wildman–Crippen LogP) is 2.68. The van der Waals surface area contributed by atoms with Gasteiger partial charge in [-0.1, -0.05) is 12.1 Å². The summed E-state index contributed by atoms with van der Waals surface area (Å²) in [6.45, 7) is 1.90. The van der Waals surface area contributed by atoms with Crippen LogP contribution in [0.2, 0.25) is 0 Å². The average molecular weight is 271 g/mol. The number of nitrogens with two attached hydrogens (primary N) is 1. The molecule has 2 aromatic rings. The van der Waals surface area contributed by atoms with E-state index in [4.69, 9.17) is 10.5 Å². The molecule has 2 heterocycles. The summed E-state index contributed by atoms with van der Waals surface area (Å²) in [5, 5.41) is 0.993. The van der Waals surface area contributed by atoms with E-state index in [2.05, 4.69) is 16.9 Å². The van der Waals surface area contributed by atoms with Gasteiger partial charge in [-0.2, -0.15) is 0 Å². The third kappa shape index (κ3) is 2.56. The Morgan fingerprint density at radius 2 is 2.25 bits per heavy atom. The van der Waals surface area contributed by atoms with Crippen molar-refractivity contribution in [2.75, 3.05) is 25.9 Å². The first-order valence-corrected chi connectivity index (χ1v) is 7.22. The minimum absolute atomic E-state index is 0.614. The number of benzene rings is 1. The Bertz CT molecular complexity index is 599. The second-order valence-corrected chi connectivity index (χ2v) is 5.47. The van der Waals surface area contributed by atoms with Crippen molar-refractivity contribution >= 4 is 16.6 Å². The maximum atomic E-state index is 6.01. The molecule has 1 unspecified atom stereocenters. The van der Waals surface area contributed by atoms with Crippen molar-refractivity contribution in [1.29, 1.82) is 0 Å². The summed E-state index contributed by atoms with van der Waals surface area (Å²) >= 11 is 0. The molecule has 4 nitrogen and oxygen atoms in total. The van der Waals surface area contributed by atoms with Gasteiger partial charge in [-0.15, -0.1) is 0 Å². The number of anilines is 1. The van der Waals surface area contributed by atoms with Gasteiger partial charge in [0, 0.05) is 11.4 Å². The van der Waals surface area contributed by atoms with Crippen LogP contribution in [-0.4, -0.2) is 36.1 Å². The van der Waals surface area contributed by atoms with Crippen LogP contribution in [0, 0.1) is 0 Å². The van der Waals surface area contributed by atoms with E-state index in [1.54, 1.807) is 6.20 Å². The van der Waals surface area contributed by atoms with Crippen molar-refractivity contribution in [1.82, 2.24) is 9.88 Å². The average Bonchev–Trinajstić information content (AvgIpc) is 2.87. The fourth-order valence-electron chi connectivity index (χ4n) is 2.93. The van der Waals surface area contributed by atoms with Gasteiger partial charge in [-0.25, -0.2) is 0 Å². The van der Waals surface area contributed by atoms with Crippen LogP contribution >= 0.6 is 0 Å². The minimum Gasteiger partial charge on any atom is -0.491 e. The zero-order chi connectivity index (χ0) is 13.9. The quantitative estimate of drug-likeness (QED) is 0.929. The number of para-hydroxylation sites is 1. The first-order valence-electron chi connectivity index (χ1n) is 7.22. The van der Waals surface area contributed by atoms with Crippen LogP contribution in [0.15, 0.2) is 30.5 Å². The monoisotopic (exact) mass is 271 g/mol. The number of ether oxygens (including phenoxy) is 1. The van der Waals surface area contributed by atoms with E-state index in [-0.39, 0.29) is 0 Å². The molecule has 1 saturated heterocycles. The topological polar surface area (TPSA) is 51.4 Å². The standard InChI is InChI=1S/C16H21N3O/c1-19-9-4-5-12(19)8-10-20-16-13-6-2-3-7-15(13)18-11-14(16)17/h2-3,6-7,11-12H,4-5,8-10,17H2,1H3. The summed E-state index contributed by atoms with van der Waals surface area (Å²) in [6, 6.07) is 8.59. The number of nitrogens with zero attached hydrogens (tertiary/aromatic N) is 2. The van der Waals surface area contributed by atoms with E-state index in [1.165, 1.54) is 19.4 Å². The van der Waals surface area contributed by atoms with Crippen molar-refractivity contribution in [2.24, 2.45) is 0 Å². The van der Waals surface area contributed by atoms with E-state index >= 15 is 0 Å². The van der Waals surface area contributed by atoms with Gasteiger partial charge in [0.15, 0.2) is 5.75 Å². The molecule has 0 bridgehead atoms. The Morgan fingerprint density at radius 3 is 3.05 bits per heavy atom. The van der Waals surface area contributed by atoms with Gasteiger partial charge < -0.3 is 15.4 Å². The predicted molar refractivity (Wildman–Crippen MR) is 81.9 cm³/mol. The van der Waals surface area contributed by atoms with Gasteiger partial charge in [-0.05, 0) is 45.0 Å². The molecule has 4 heteroatoms. The molecular weight excluding hydrogens is 250 g/mol. The van der Waals surface area contributed by atoms with Crippen molar-refractivity contribution in [3.63, 3.8) is 0 Å². The molecule has 0 aliphatic carbocycles. The van der Waals surface area contributed by atoms with E-state index in [0.29, 0.717) is 18.3 Å². The van der Waals surface area contributed by atoms with Crippen LogP contribution in [0.3, 0.4) is 0 Å². The Kier molecular flexibility index (Phi) is 3.74. The number of rotatable bonds is 4. The number of likely N-dealkylation sites (tertiary alicyclic amines) is 1. The molecule has 0 amide bonds. The summed E-state index contributed by atoms with van der Waals surface area (Å²) in [4.78, 5) is 6.74.